The number of aromatic hydroxyl groups is 1. The van der Waals surface area contributed by atoms with Crippen LogP contribution in [0.2, 0.25) is 0 Å². The van der Waals surface area contributed by atoms with E-state index in [9.17, 15) is 9.90 Å². The highest BCUT2D eigenvalue weighted by Gasteiger charge is 2.11. The van der Waals surface area contributed by atoms with Gasteiger partial charge in [0.15, 0.2) is 0 Å². The van der Waals surface area contributed by atoms with E-state index in [1.54, 1.807) is 32.2 Å². The van der Waals surface area contributed by atoms with E-state index in [1.165, 1.54) is 4.90 Å². The van der Waals surface area contributed by atoms with Crippen LogP contribution in [-0.2, 0) is 11.3 Å². The average molecular weight is 209 g/mol. The molecule has 1 aromatic carbocycles. The van der Waals surface area contributed by atoms with E-state index in [1.807, 2.05) is 6.07 Å². The molecule has 4 heteroatoms. The molecule has 0 fully saturated rings. The highest BCUT2D eigenvalue weighted by Crippen LogP contribution is 2.17. The van der Waals surface area contributed by atoms with Crippen molar-refractivity contribution in [1.29, 1.82) is 0 Å². The maximum absolute atomic E-state index is 11.3. The number of para-hydroxylation sites is 1. The Morgan fingerprint density at radius 3 is 2.73 bits per heavy atom. The Hall–Kier alpha value is -1.71. The largest absolute Gasteiger partial charge is 0.508 e. The Bertz CT molecular complexity index is 338. The lowest BCUT2D eigenvalue weighted by atomic mass is 10.2. The first-order chi connectivity index (χ1) is 7.15. The van der Waals surface area contributed by atoms with Crippen molar-refractivity contribution in [1.82, 2.24) is 4.90 Å². The summed E-state index contributed by atoms with van der Waals surface area (Å²) in [7, 11) is 1.63. The van der Waals surface area contributed by atoms with Crippen molar-refractivity contribution in [3.05, 3.63) is 29.8 Å². The van der Waals surface area contributed by atoms with Crippen LogP contribution < -0.4 is 0 Å². The van der Waals surface area contributed by atoms with E-state index in [0.717, 1.165) is 0 Å². The number of phenolic OH excluding ortho intramolecular Hbond substituents is 1. The van der Waals surface area contributed by atoms with E-state index in [2.05, 4.69) is 0 Å². The molecule has 1 amide bonds. The van der Waals surface area contributed by atoms with Gasteiger partial charge in [-0.2, -0.15) is 0 Å². The number of amides is 1. The van der Waals surface area contributed by atoms with Crippen molar-refractivity contribution in [3.8, 4) is 5.75 Å². The molecule has 15 heavy (non-hydrogen) atoms. The van der Waals surface area contributed by atoms with Crippen molar-refractivity contribution in [2.75, 3.05) is 13.7 Å². The number of hydrogen-bond acceptors (Lipinski definition) is 3. The minimum Gasteiger partial charge on any atom is -0.508 e. The summed E-state index contributed by atoms with van der Waals surface area (Å²) >= 11 is 0. The molecule has 0 spiro atoms. The fraction of sp³-hybridized carbons (Fsp3) is 0.364. The third-order valence-corrected chi connectivity index (χ3v) is 1.98. The van der Waals surface area contributed by atoms with E-state index in [0.29, 0.717) is 18.7 Å². The predicted molar refractivity (Wildman–Crippen MR) is 56.6 cm³/mol. The fourth-order valence-electron chi connectivity index (χ4n) is 1.20. The van der Waals surface area contributed by atoms with E-state index < -0.39 is 0 Å². The summed E-state index contributed by atoms with van der Waals surface area (Å²) in [6.07, 6.45) is -0.388. The number of carbonyl (C=O) groups is 1. The molecule has 0 unspecified atom stereocenters. The van der Waals surface area contributed by atoms with E-state index >= 15 is 0 Å². The predicted octanol–water partition coefficient (Wildman–Crippen LogP) is 1.98. The third-order valence-electron chi connectivity index (χ3n) is 1.98. The van der Waals surface area contributed by atoms with Crippen LogP contribution in [0.25, 0.3) is 0 Å². The second kappa shape index (κ2) is 5.24. The van der Waals surface area contributed by atoms with Crippen molar-refractivity contribution in [2.45, 2.75) is 13.5 Å². The molecule has 0 saturated heterocycles. The lowest BCUT2D eigenvalue weighted by Gasteiger charge is -2.16. The van der Waals surface area contributed by atoms with Crippen molar-refractivity contribution < 1.29 is 14.6 Å². The summed E-state index contributed by atoms with van der Waals surface area (Å²) in [5, 5.41) is 9.49. The maximum Gasteiger partial charge on any atom is 0.409 e. The molecule has 0 atom stereocenters. The van der Waals surface area contributed by atoms with Crippen molar-refractivity contribution in [3.63, 3.8) is 0 Å². The van der Waals surface area contributed by atoms with Crippen molar-refractivity contribution in [2.24, 2.45) is 0 Å². The Morgan fingerprint density at radius 1 is 1.47 bits per heavy atom. The number of benzene rings is 1. The summed E-state index contributed by atoms with van der Waals surface area (Å²) in [6.45, 7) is 2.45. The summed E-state index contributed by atoms with van der Waals surface area (Å²) in [4.78, 5) is 12.7. The molecular weight excluding hydrogens is 194 g/mol. The van der Waals surface area contributed by atoms with E-state index in [4.69, 9.17) is 4.74 Å². The minimum atomic E-state index is -0.388. The quantitative estimate of drug-likeness (QED) is 0.828. The third kappa shape index (κ3) is 3.16. The fourth-order valence-corrected chi connectivity index (χ4v) is 1.20. The van der Waals surface area contributed by atoms with Gasteiger partial charge < -0.3 is 14.7 Å². The van der Waals surface area contributed by atoms with Crippen LogP contribution in [0.15, 0.2) is 24.3 Å². The van der Waals surface area contributed by atoms with Crippen LogP contribution in [0.5, 0.6) is 5.75 Å². The Kier molecular flexibility index (Phi) is 3.97. The number of nitrogens with zero attached hydrogens (tertiary/aromatic N) is 1. The minimum absolute atomic E-state index is 0.189. The summed E-state index contributed by atoms with van der Waals surface area (Å²) < 4.78 is 4.82. The monoisotopic (exact) mass is 209 g/mol. The molecule has 1 rings (SSSR count). The van der Waals surface area contributed by atoms with Gasteiger partial charge in [0.1, 0.15) is 5.75 Å². The SMILES string of the molecule is CCOC(=O)N(C)Cc1ccccc1O. The lowest BCUT2D eigenvalue weighted by molar-refractivity contribution is 0.114. The van der Waals surface area contributed by atoms with Gasteiger partial charge in [-0.1, -0.05) is 18.2 Å². The summed E-state index contributed by atoms with van der Waals surface area (Å²) in [5.41, 5.74) is 0.702. The standard InChI is InChI=1S/C11H15NO3/c1-3-15-11(14)12(2)8-9-6-4-5-7-10(9)13/h4-7,13H,3,8H2,1-2H3. The zero-order valence-corrected chi connectivity index (χ0v) is 8.93. The topological polar surface area (TPSA) is 49.8 Å². The van der Waals surface area contributed by atoms with Crippen LogP contribution in [-0.4, -0.2) is 29.8 Å². The van der Waals surface area contributed by atoms with Gasteiger partial charge in [0.25, 0.3) is 0 Å². The number of ether oxygens (including phenoxy) is 1. The first-order valence-corrected chi connectivity index (χ1v) is 4.80. The normalized spacial score (nSPS) is 9.73. The van der Waals surface area contributed by atoms with Gasteiger partial charge in [0, 0.05) is 12.6 Å². The lowest BCUT2D eigenvalue weighted by Crippen LogP contribution is -2.26. The first kappa shape index (κ1) is 11.4. The smallest absolute Gasteiger partial charge is 0.409 e. The molecule has 0 aliphatic heterocycles. The van der Waals surface area contributed by atoms with Gasteiger partial charge in [-0.25, -0.2) is 4.79 Å². The summed E-state index contributed by atoms with van der Waals surface area (Å²) in [6, 6.07) is 6.91. The zero-order chi connectivity index (χ0) is 11.3. The molecule has 0 aliphatic rings. The van der Waals surface area contributed by atoms with Crippen LogP contribution in [0.4, 0.5) is 4.79 Å². The van der Waals surface area contributed by atoms with Crippen molar-refractivity contribution >= 4 is 6.09 Å². The second-order valence-electron chi connectivity index (χ2n) is 3.18. The number of carbonyl (C=O) groups excluding carboxylic acids is 1. The molecule has 0 radical (unpaired) electrons. The molecule has 0 aromatic heterocycles. The first-order valence-electron chi connectivity index (χ1n) is 4.80. The average Bonchev–Trinajstić information content (AvgIpc) is 2.21. The molecule has 4 nitrogen and oxygen atoms in total. The van der Waals surface area contributed by atoms with Gasteiger partial charge >= 0.3 is 6.09 Å². The Balaban J connectivity index is 2.62. The zero-order valence-electron chi connectivity index (χ0n) is 8.93. The molecule has 82 valence electrons. The second-order valence-corrected chi connectivity index (χ2v) is 3.18. The Labute approximate surface area is 89.1 Å². The number of phenols is 1. The number of hydrogen-bond donors (Lipinski definition) is 1. The maximum atomic E-state index is 11.3. The van der Waals surface area contributed by atoms with Gasteiger partial charge in [0.05, 0.1) is 13.2 Å². The number of rotatable bonds is 3. The highest BCUT2D eigenvalue weighted by atomic mass is 16.5. The van der Waals surface area contributed by atoms with Gasteiger partial charge in [-0.3, -0.25) is 0 Å². The molecule has 1 aromatic rings. The van der Waals surface area contributed by atoms with Crippen LogP contribution in [0, 0.1) is 0 Å². The summed E-state index contributed by atoms with van der Waals surface area (Å²) in [5.74, 6) is 0.189. The van der Waals surface area contributed by atoms with E-state index in [-0.39, 0.29) is 11.8 Å². The molecule has 0 saturated carbocycles. The van der Waals surface area contributed by atoms with Gasteiger partial charge in [-0.05, 0) is 13.0 Å². The van der Waals surface area contributed by atoms with Gasteiger partial charge in [-0.15, -0.1) is 0 Å². The molecule has 0 aliphatic carbocycles. The highest BCUT2D eigenvalue weighted by molar-refractivity contribution is 5.67. The molecular formula is C11H15NO3. The molecule has 0 heterocycles. The molecule has 0 bridgehead atoms. The van der Waals surface area contributed by atoms with Crippen LogP contribution in [0.3, 0.4) is 0 Å². The van der Waals surface area contributed by atoms with Gasteiger partial charge in [0.2, 0.25) is 0 Å². The molecule has 1 N–H and O–H groups in total. The Morgan fingerprint density at radius 2 is 2.13 bits per heavy atom. The van der Waals surface area contributed by atoms with Crippen LogP contribution in [0.1, 0.15) is 12.5 Å². The van der Waals surface area contributed by atoms with Crippen LogP contribution >= 0.6 is 0 Å².